The third-order valence-electron chi connectivity index (χ3n) is 4.99. The molecular weight excluding hydrogens is 288 g/mol. The number of aromatic amines is 1. The van der Waals surface area contributed by atoms with Crippen molar-refractivity contribution in [3.05, 3.63) is 36.0 Å². The van der Waals surface area contributed by atoms with Gasteiger partial charge in [0, 0.05) is 37.1 Å². The molecule has 1 aromatic heterocycles. The molecule has 2 aromatic rings. The van der Waals surface area contributed by atoms with Gasteiger partial charge >= 0.3 is 0 Å². The van der Waals surface area contributed by atoms with Crippen LogP contribution < -0.4 is 0 Å². The summed E-state index contributed by atoms with van der Waals surface area (Å²) in [5, 5.41) is 1.25. The average molecular weight is 312 g/mol. The van der Waals surface area contributed by atoms with E-state index in [0.29, 0.717) is 24.3 Å². The topological polar surface area (TPSA) is 45.3 Å². The van der Waals surface area contributed by atoms with Crippen LogP contribution in [-0.2, 0) is 16.0 Å². The maximum Gasteiger partial charge on any atom is 0.222 e. The Hall–Kier alpha value is -1.81. The van der Waals surface area contributed by atoms with Gasteiger partial charge in [-0.15, -0.1) is 0 Å². The number of ether oxygens (including phenoxy) is 1. The molecule has 1 aromatic carbocycles. The van der Waals surface area contributed by atoms with Crippen LogP contribution in [0.1, 0.15) is 24.8 Å². The second kappa shape index (κ2) is 6.36. The molecule has 2 aliphatic rings. The molecule has 0 radical (unpaired) electrons. The van der Waals surface area contributed by atoms with Crippen molar-refractivity contribution in [3.63, 3.8) is 0 Å². The summed E-state index contributed by atoms with van der Waals surface area (Å²) in [6.45, 7) is 3.00. The minimum absolute atomic E-state index is 0.323. The molecule has 2 heterocycles. The normalized spacial score (nSPS) is 22.3. The Kier molecular flexibility index (Phi) is 4.08. The highest BCUT2D eigenvalue weighted by molar-refractivity contribution is 5.80. The Balaban J connectivity index is 1.42. The maximum atomic E-state index is 12.4. The molecule has 4 nitrogen and oxygen atoms in total. The molecule has 1 atom stereocenters. The Morgan fingerprint density at radius 2 is 2.17 bits per heavy atom. The first-order valence-electron chi connectivity index (χ1n) is 8.69. The van der Waals surface area contributed by atoms with E-state index in [1.54, 1.807) is 0 Å². The number of H-pyrrole nitrogens is 1. The van der Waals surface area contributed by atoms with E-state index in [9.17, 15) is 4.79 Å². The fraction of sp³-hybridized carbons (Fsp3) is 0.526. The summed E-state index contributed by atoms with van der Waals surface area (Å²) in [7, 11) is 0. The number of aromatic nitrogens is 1. The smallest absolute Gasteiger partial charge is 0.222 e. The van der Waals surface area contributed by atoms with Gasteiger partial charge < -0.3 is 14.6 Å². The van der Waals surface area contributed by atoms with Gasteiger partial charge in [-0.25, -0.2) is 0 Å². The molecular formula is C19H24N2O2. The number of carbonyl (C=O) groups is 1. The van der Waals surface area contributed by atoms with Crippen molar-refractivity contribution in [2.24, 2.45) is 11.8 Å². The van der Waals surface area contributed by atoms with Crippen molar-refractivity contribution in [3.8, 4) is 0 Å². The van der Waals surface area contributed by atoms with E-state index in [2.05, 4.69) is 29.2 Å². The molecule has 0 spiro atoms. The van der Waals surface area contributed by atoms with Gasteiger partial charge in [-0.3, -0.25) is 4.79 Å². The molecule has 2 fully saturated rings. The Morgan fingerprint density at radius 1 is 1.26 bits per heavy atom. The van der Waals surface area contributed by atoms with E-state index < -0.39 is 0 Å². The second-order valence-corrected chi connectivity index (χ2v) is 7.03. The van der Waals surface area contributed by atoms with E-state index in [-0.39, 0.29) is 0 Å². The summed E-state index contributed by atoms with van der Waals surface area (Å²) >= 11 is 0. The third-order valence-corrected chi connectivity index (χ3v) is 4.99. The quantitative estimate of drug-likeness (QED) is 0.943. The van der Waals surface area contributed by atoms with Crippen molar-refractivity contribution in [1.82, 2.24) is 9.88 Å². The molecule has 0 bridgehead atoms. The van der Waals surface area contributed by atoms with Crippen molar-refractivity contribution in [2.45, 2.75) is 25.7 Å². The van der Waals surface area contributed by atoms with Gasteiger partial charge in [0.1, 0.15) is 0 Å². The second-order valence-electron chi connectivity index (χ2n) is 7.03. The summed E-state index contributed by atoms with van der Waals surface area (Å²) < 4.78 is 5.75. The Bertz CT molecular complexity index is 689. The monoisotopic (exact) mass is 312 g/mol. The molecule has 1 amide bonds. The molecule has 1 aliphatic heterocycles. The lowest BCUT2D eigenvalue weighted by Gasteiger charge is -2.24. The van der Waals surface area contributed by atoms with Crippen LogP contribution in [0.3, 0.4) is 0 Å². The molecule has 23 heavy (non-hydrogen) atoms. The average Bonchev–Trinajstić information content (AvgIpc) is 3.28. The summed E-state index contributed by atoms with van der Waals surface area (Å²) in [6, 6.07) is 8.67. The fourth-order valence-corrected chi connectivity index (χ4v) is 3.49. The van der Waals surface area contributed by atoms with Gasteiger partial charge in [0.25, 0.3) is 0 Å². The summed E-state index contributed by atoms with van der Waals surface area (Å²) in [4.78, 5) is 17.7. The van der Waals surface area contributed by atoms with E-state index >= 15 is 0 Å². The van der Waals surface area contributed by atoms with Crippen LogP contribution in [0.15, 0.2) is 30.5 Å². The zero-order valence-corrected chi connectivity index (χ0v) is 13.5. The number of carbonyl (C=O) groups excluding carboxylic acids is 1. The number of fused-ring (bicyclic) bond motifs is 1. The van der Waals surface area contributed by atoms with Crippen molar-refractivity contribution in [1.29, 1.82) is 0 Å². The number of nitrogens with zero attached hydrogens (tertiary/aromatic N) is 1. The van der Waals surface area contributed by atoms with Crippen LogP contribution in [0.4, 0.5) is 0 Å². The zero-order valence-electron chi connectivity index (χ0n) is 13.5. The standard InChI is InChI=1S/C19H24N2O2/c22-19(11-14-1-2-14)21-7-8-23-13-16(12-21)9-15-3-4-18-17(10-15)5-6-20-18/h3-6,10,14,16,20H,1-2,7-9,11-13H2. The predicted molar refractivity (Wildman–Crippen MR) is 90.2 cm³/mol. The van der Waals surface area contributed by atoms with Gasteiger partial charge in [0.05, 0.1) is 13.2 Å². The van der Waals surface area contributed by atoms with Gasteiger partial charge in [-0.1, -0.05) is 6.07 Å². The molecule has 1 aliphatic carbocycles. The van der Waals surface area contributed by atoms with Crippen molar-refractivity contribution >= 4 is 16.8 Å². The first-order valence-corrected chi connectivity index (χ1v) is 8.69. The van der Waals surface area contributed by atoms with Gasteiger partial charge in [0.2, 0.25) is 5.91 Å². The number of hydrogen-bond acceptors (Lipinski definition) is 2. The first kappa shape index (κ1) is 14.8. The third kappa shape index (κ3) is 3.58. The highest BCUT2D eigenvalue weighted by atomic mass is 16.5. The van der Waals surface area contributed by atoms with Crippen LogP contribution in [0.2, 0.25) is 0 Å². The first-order chi connectivity index (χ1) is 11.3. The summed E-state index contributed by atoms with van der Waals surface area (Å²) in [5.74, 6) is 1.36. The molecule has 1 unspecified atom stereocenters. The van der Waals surface area contributed by atoms with Crippen molar-refractivity contribution < 1.29 is 9.53 Å². The summed E-state index contributed by atoms with van der Waals surface area (Å²) in [5.41, 5.74) is 2.49. The molecule has 1 saturated carbocycles. The van der Waals surface area contributed by atoms with Gasteiger partial charge in [-0.2, -0.15) is 0 Å². The Morgan fingerprint density at radius 3 is 3.04 bits per heavy atom. The van der Waals surface area contributed by atoms with E-state index in [4.69, 9.17) is 4.74 Å². The van der Waals surface area contributed by atoms with Crippen molar-refractivity contribution in [2.75, 3.05) is 26.3 Å². The fourth-order valence-electron chi connectivity index (χ4n) is 3.49. The zero-order chi connectivity index (χ0) is 15.6. The van der Waals surface area contributed by atoms with Crippen LogP contribution in [0.25, 0.3) is 10.9 Å². The largest absolute Gasteiger partial charge is 0.379 e. The lowest BCUT2D eigenvalue weighted by atomic mass is 9.98. The predicted octanol–water partition coefficient (Wildman–Crippen LogP) is 2.99. The van der Waals surface area contributed by atoms with E-state index in [0.717, 1.165) is 32.5 Å². The van der Waals surface area contributed by atoms with Gasteiger partial charge in [0.15, 0.2) is 0 Å². The maximum absolute atomic E-state index is 12.4. The number of hydrogen-bond donors (Lipinski definition) is 1. The highest BCUT2D eigenvalue weighted by Crippen LogP contribution is 2.33. The molecule has 122 valence electrons. The number of benzene rings is 1. The van der Waals surface area contributed by atoms with Crippen LogP contribution in [0.5, 0.6) is 0 Å². The van der Waals surface area contributed by atoms with E-state index in [1.807, 2.05) is 11.1 Å². The van der Waals surface area contributed by atoms with Crippen LogP contribution in [0, 0.1) is 11.8 Å². The minimum atomic E-state index is 0.323. The molecule has 1 N–H and O–H groups in total. The highest BCUT2D eigenvalue weighted by Gasteiger charge is 2.29. The Labute approximate surface area is 136 Å². The molecule has 1 saturated heterocycles. The number of nitrogens with one attached hydrogen (secondary N) is 1. The minimum Gasteiger partial charge on any atom is -0.379 e. The van der Waals surface area contributed by atoms with Gasteiger partial charge in [-0.05, 0) is 54.3 Å². The van der Waals surface area contributed by atoms with E-state index in [1.165, 1.54) is 29.3 Å². The summed E-state index contributed by atoms with van der Waals surface area (Å²) in [6.07, 6.45) is 6.14. The lowest BCUT2D eigenvalue weighted by molar-refractivity contribution is -0.132. The number of rotatable bonds is 4. The molecule has 4 heteroatoms. The number of amides is 1. The van der Waals surface area contributed by atoms with Crippen LogP contribution in [-0.4, -0.2) is 42.1 Å². The van der Waals surface area contributed by atoms with Crippen LogP contribution >= 0.6 is 0 Å². The lowest BCUT2D eigenvalue weighted by Crippen LogP contribution is -2.36. The SMILES string of the molecule is O=C(CC1CC1)N1CCOCC(Cc2ccc3[nH]ccc3c2)C1. The molecule has 4 rings (SSSR count).